The lowest BCUT2D eigenvalue weighted by molar-refractivity contribution is -0.122. The number of benzene rings is 2. The van der Waals surface area contributed by atoms with Gasteiger partial charge in [0.05, 0.1) is 24.2 Å². The lowest BCUT2D eigenvalue weighted by atomic mass is 10.1. The van der Waals surface area contributed by atoms with Crippen LogP contribution in [-0.4, -0.2) is 23.4 Å². The molecule has 0 aliphatic carbocycles. The molecule has 0 aromatic heterocycles. The van der Waals surface area contributed by atoms with Crippen molar-refractivity contribution in [2.24, 2.45) is 0 Å². The first-order valence-corrected chi connectivity index (χ1v) is 8.11. The summed E-state index contributed by atoms with van der Waals surface area (Å²) in [5.41, 5.74) is 1.16. The third-order valence-electron chi connectivity index (χ3n) is 4.15. The Bertz CT molecular complexity index is 956. The molecule has 0 saturated carbocycles. The molecule has 1 heterocycles. The summed E-state index contributed by atoms with van der Waals surface area (Å²) in [5, 5.41) is 11.5. The summed E-state index contributed by atoms with van der Waals surface area (Å²) in [6.45, 7) is 1.36. The molecule has 0 unspecified atom stereocenters. The first-order chi connectivity index (χ1) is 12.9. The van der Waals surface area contributed by atoms with E-state index >= 15 is 0 Å². The number of nitriles is 1. The van der Waals surface area contributed by atoms with E-state index in [0.717, 1.165) is 12.1 Å². The van der Waals surface area contributed by atoms with E-state index in [1.165, 1.54) is 23.1 Å². The van der Waals surface area contributed by atoms with Gasteiger partial charge in [0.2, 0.25) is 5.91 Å². The van der Waals surface area contributed by atoms with Crippen LogP contribution >= 0.6 is 0 Å². The van der Waals surface area contributed by atoms with Crippen molar-refractivity contribution in [2.45, 2.75) is 19.5 Å². The van der Waals surface area contributed by atoms with Crippen LogP contribution in [0.2, 0.25) is 0 Å². The number of nitrogens with one attached hydrogen (secondary N) is 1. The van der Waals surface area contributed by atoms with Gasteiger partial charge >= 0.3 is 6.09 Å². The fraction of sp³-hybridized carbons (Fsp3) is 0.211. The number of carbonyl (C=O) groups excluding carboxylic acids is 2. The van der Waals surface area contributed by atoms with Gasteiger partial charge in [-0.05, 0) is 31.2 Å². The predicted octanol–water partition coefficient (Wildman–Crippen LogP) is 3.03. The van der Waals surface area contributed by atoms with E-state index in [0.29, 0.717) is 16.9 Å². The van der Waals surface area contributed by atoms with Crippen LogP contribution in [0.5, 0.6) is 5.75 Å². The zero-order valence-electron chi connectivity index (χ0n) is 14.3. The fourth-order valence-corrected chi connectivity index (χ4v) is 2.81. The molecule has 1 atom stereocenters. The summed E-state index contributed by atoms with van der Waals surface area (Å²) >= 11 is 0. The Kier molecular flexibility index (Phi) is 5.03. The molecule has 0 spiro atoms. The van der Waals surface area contributed by atoms with Crippen LogP contribution in [-0.2, 0) is 11.3 Å². The Labute approximate surface area is 154 Å². The minimum atomic E-state index is -0.766. The zero-order chi connectivity index (χ0) is 19.6. The van der Waals surface area contributed by atoms with Gasteiger partial charge in [0.15, 0.2) is 0 Å². The maximum Gasteiger partial charge on any atom is 0.416 e. The summed E-state index contributed by atoms with van der Waals surface area (Å²) in [6.07, 6.45) is -0.692. The molecule has 1 aliphatic rings. The molecule has 8 heteroatoms. The normalized spacial score (nSPS) is 14.0. The maximum atomic E-state index is 13.8. The molecular formula is C19H15F2N3O3. The van der Waals surface area contributed by atoms with E-state index in [4.69, 9.17) is 10.00 Å². The van der Waals surface area contributed by atoms with Gasteiger partial charge in [0.25, 0.3) is 0 Å². The fourth-order valence-electron chi connectivity index (χ4n) is 2.81. The number of carbonyl (C=O) groups is 2. The summed E-state index contributed by atoms with van der Waals surface area (Å²) in [5.74, 6) is -1.65. The molecule has 0 radical (unpaired) electrons. The summed E-state index contributed by atoms with van der Waals surface area (Å²) < 4.78 is 32.0. The lowest BCUT2D eigenvalue weighted by Crippen LogP contribution is -2.44. The van der Waals surface area contributed by atoms with Crippen molar-refractivity contribution < 1.29 is 23.1 Å². The van der Waals surface area contributed by atoms with Crippen molar-refractivity contribution in [2.75, 3.05) is 6.54 Å². The van der Waals surface area contributed by atoms with E-state index in [-0.39, 0.29) is 18.7 Å². The van der Waals surface area contributed by atoms with Gasteiger partial charge in [-0.25, -0.2) is 13.6 Å². The zero-order valence-corrected chi connectivity index (χ0v) is 14.3. The number of amides is 2. The molecule has 2 aromatic carbocycles. The Morgan fingerprint density at radius 1 is 1.33 bits per heavy atom. The molecule has 2 amide bonds. The average molecular weight is 371 g/mol. The summed E-state index contributed by atoms with van der Waals surface area (Å²) in [7, 11) is 0. The third-order valence-corrected chi connectivity index (χ3v) is 4.15. The largest absolute Gasteiger partial charge is 0.416 e. The van der Waals surface area contributed by atoms with Gasteiger partial charge < -0.3 is 10.1 Å². The molecule has 0 fully saturated rings. The topological polar surface area (TPSA) is 82.4 Å². The molecule has 1 aliphatic heterocycles. The van der Waals surface area contributed by atoms with Crippen LogP contribution in [0.25, 0.3) is 0 Å². The number of nitrogens with zero attached hydrogens (tertiary/aromatic N) is 2. The minimum absolute atomic E-state index is 0.108. The summed E-state index contributed by atoms with van der Waals surface area (Å²) in [6, 6.07) is 9.04. The quantitative estimate of drug-likeness (QED) is 0.896. The summed E-state index contributed by atoms with van der Waals surface area (Å²) in [4.78, 5) is 25.5. The average Bonchev–Trinajstić information content (AvgIpc) is 2.61. The van der Waals surface area contributed by atoms with Crippen molar-refractivity contribution in [1.29, 1.82) is 5.26 Å². The van der Waals surface area contributed by atoms with Gasteiger partial charge in [-0.2, -0.15) is 5.26 Å². The number of ether oxygens (including phenoxy) is 1. The molecule has 6 nitrogen and oxygen atoms in total. The van der Waals surface area contributed by atoms with Crippen molar-refractivity contribution in [1.82, 2.24) is 10.2 Å². The number of halogens is 2. The van der Waals surface area contributed by atoms with Crippen LogP contribution in [0.1, 0.15) is 29.7 Å². The second kappa shape index (κ2) is 7.41. The minimum Gasteiger partial charge on any atom is -0.410 e. The van der Waals surface area contributed by atoms with Gasteiger partial charge in [-0.3, -0.25) is 9.69 Å². The molecule has 1 N–H and O–H groups in total. The van der Waals surface area contributed by atoms with Crippen LogP contribution in [0.4, 0.5) is 13.6 Å². The first-order valence-electron chi connectivity index (χ1n) is 8.11. The van der Waals surface area contributed by atoms with E-state index in [9.17, 15) is 18.4 Å². The smallest absolute Gasteiger partial charge is 0.410 e. The first kappa shape index (κ1) is 18.3. The molecule has 138 valence electrons. The van der Waals surface area contributed by atoms with Gasteiger partial charge in [-0.15, -0.1) is 0 Å². The molecule has 0 bridgehead atoms. The van der Waals surface area contributed by atoms with Crippen molar-refractivity contribution in [3.8, 4) is 11.8 Å². The Morgan fingerprint density at radius 3 is 2.81 bits per heavy atom. The third kappa shape index (κ3) is 4.03. The molecular weight excluding hydrogens is 356 g/mol. The second-order valence-corrected chi connectivity index (χ2v) is 6.11. The highest BCUT2D eigenvalue weighted by Gasteiger charge is 2.27. The predicted molar refractivity (Wildman–Crippen MR) is 90.5 cm³/mol. The molecule has 2 aromatic rings. The highest BCUT2D eigenvalue weighted by atomic mass is 19.1. The van der Waals surface area contributed by atoms with Gasteiger partial charge in [0.1, 0.15) is 23.9 Å². The van der Waals surface area contributed by atoms with Crippen LogP contribution < -0.4 is 10.1 Å². The standard InChI is InChI=1S/C19H15F2N3O3/c1-11(15-4-3-14(20)7-16(15)21)23-18(25)10-24-9-13-6-12(8-22)2-5-17(13)27-19(24)26/h2-7,11H,9-10H2,1H3,(H,23,25)/t11-/m0/s1. The highest BCUT2D eigenvalue weighted by Crippen LogP contribution is 2.27. The van der Waals surface area contributed by atoms with E-state index in [1.807, 2.05) is 6.07 Å². The number of hydrogen-bond acceptors (Lipinski definition) is 4. The molecule has 27 heavy (non-hydrogen) atoms. The van der Waals surface area contributed by atoms with E-state index < -0.39 is 29.7 Å². The van der Waals surface area contributed by atoms with Crippen LogP contribution in [0.15, 0.2) is 36.4 Å². The lowest BCUT2D eigenvalue weighted by Gasteiger charge is -2.28. The van der Waals surface area contributed by atoms with Crippen molar-refractivity contribution >= 4 is 12.0 Å². The van der Waals surface area contributed by atoms with Gasteiger partial charge in [0, 0.05) is 17.2 Å². The van der Waals surface area contributed by atoms with Crippen LogP contribution in [0.3, 0.4) is 0 Å². The highest BCUT2D eigenvalue weighted by molar-refractivity contribution is 5.84. The maximum absolute atomic E-state index is 13.8. The van der Waals surface area contributed by atoms with Crippen molar-refractivity contribution in [3.05, 3.63) is 64.7 Å². The van der Waals surface area contributed by atoms with Gasteiger partial charge in [-0.1, -0.05) is 6.07 Å². The number of rotatable bonds is 4. The van der Waals surface area contributed by atoms with Crippen LogP contribution in [0, 0.1) is 23.0 Å². The molecule has 3 rings (SSSR count). The Hall–Kier alpha value is -3.47. The Morgan fingerprint density at radius 2 is 2.11 bits per heavy atom. The second-order valence-electron chi connectivity index (χ2n) is 6.11. The molecule has 0 saturated heterocycles. The number of fused-ring (bicyclic) bond motifs is 1. The van der Waals surface area contributed by atoms with E-state index in [1.54, 1.807) is 13.0 Å². The SMILES string of the molecule is C[C@H](NC(=O)CN1Cc2cc(C#N)ccc2OC1=O)c1ccc(F)cc1F. The Balaban J connectivity index is 1.66. The monoisotopic (exact) mass is 371 g/mol. The number of hydrogen-bond donors (Lipinski definition) is 1. The van der Waals surface area contributed by atoms with Crippen molar-refractivity contribution in [3.63, 3.8) is 0 Å². The van der Waals surface area contributed by atoms with E-state index in [2.05, 4.69) is 5.32 Å².